The molecule has 7 nitrogen and oxygen atoms in total. The van der Waals surface area contributed by atoms with Gasteiger partial charge < -0.3 is 20.1 Å². The van der Waals surface area contributed by atoms with Gasteiger partial charge in [0.1, 0.15) is 12.6 Å². The van der Waals surface area contributed by atoms with Crippen LogP contribution in [-0.4, -0.2) is 37.7 Å². The molecule has 0 aliphatic heterocycles. The van der Waals surface area contributed by atoms with Crippen LogP contribution >= 0.6 is 0 Å². The first kappa shape index (κ1) is 25.6. The largest absolute Gasteiger partial charge is 0.467 e. The fourth-order valence-corrected chi connectivity index (χ4v) is 3.08. The van der Waals surface area contributed by atoms with E-state index in [9.17, 15) is 14.4 Å². The molecule has 0 saturated carbocycles. The summed E-state index contributed by atoms with van der Waals surface area (Å²) in [6.07, 6.45) is 6.09. The lowest BCUT2D eigenvalue weighted by molar-refractivity contribution is -0.145. The van der Waals surface area contributed by atoms with Crippen molar-refractivity contribution in [1.82, 2.24) is 10.6 Å². The van der Waals surface area contributed by atoms with Crippen LogP contribution < -0.4 is 10.6 Å². The number of alkyl carbamates (subject to hydrolysis) is 1. The highest BCUT2D eigenvalue weighted by atomic mass is 16.5. The summed E-state index contributed by atoms with van der Waals surface area (Å²) in [5.74, 6) is -0.673. The molecule has 0 aliphatic carbocycles. The summed E-state index contributed by atoms with van der Waals surface area (Å²) < 4.78 is 9.95. The number of ether oxygens (including phenoxy) is 2. The van der Waals surface area contributed by atoms with Gasteiger partial charge in [-0.05, 0) is 30.4 Å². The van der Waals surface area contributed by atoms with Crippen molar-refractivity contribution in [2.24, 2.45) is 0 Å². The second-order valence-corrected chi connectivity index (χ2v) is 7.49. The molecule has 0 aliphatic rings. The lowest BCUT2D eigenvalue weighted by Crippen LogP contribution is -2.41. The first-order valence-electron chi connectivity index (χ1n) is 11.1. The zero-order valence-corrected chi connectivity index (χ0v) is 19.0. The minimum absolute atomic E-state index is 0.200. The Morgan fingerprint density at radius 2 is 1.64 bits per heavy atom. The maximum atomic E-state index is 12.2. The molecule has 0 saturated heterocycles. The van der Waals surface area contributed by atoms with Crippen molar-refractivity contribution in [3.8, 4) is 0 Å². The van der Waals surface area contributed by atoms with Crippen molar-refractivity contribution in [3.05, 3.63) is 77.9 Å². The van der Waals surface area contributed by atoms with Crippen LogP contribution in [0, 0.1) is 0 Å². The van der Waals surface area contributed by atoms with Gasteiger partial charge in [-0.1, -0.05) is 79.2 Å². The van der Waals surface area contributed by atoms with Gasteiger partial charge in [0.25, 0.3) is 0 Å². The van der Waals surface area contributed by atoms with Crippen molar-refractivity contribution in [2.75, 3.05) is 13.7 Å². The molecular weight excluding hydrogens is 420 g/mol. The Hall–Kier alpha value is -3.61. The number of hydrogen-bond acceptors (Lipinski definition) is 5. The molecule has 0 unspecified atom stereocenters. The third-order valence-electron chi connectivity index (χ3n) is 4.87. The molecule has 0 fully saturated rings. The number of amides is 2. The fraction of sp³-hybridized carbons (Fsp3) is 0.346. The zero-order chi connectivity index (χ0) is 23.7. The summed E-state index contributed by atoms with van der Waals surface area (Å²) in [5.41, 5.74) is 1.95. The van der Waals surface area contributed by atoms with Crippen LogP contribution in [-0.2, 0) is 25.7 Å². The third kappa shape index (κ3) is 11.0. The number of methoxy groups -OCH3 is 1. The van der Waals surface area contributed by atoms with E-state index < -0.39 is 18.1 Å². The number of nitrogens with one attached hydrogen (secondary N) is 2. The van der Waals surface area contributed by atoms with E-state index in [4.69, 9.17) is 9.47 Å². The van der Waals surface area contributed by atoms with Gasteiger partial charge in [-0.3, -0.25) is 4.79 Å². The molecule has 2 amide bonds. The van der Waals surface area contributed by atoms with E-state index >= 15 is 0 Å². The normalized spacial score (nSPS) is 11.5. The third-order valence-corrected chi connectivity index (χ3v) is 4.87. The van der Waals surface area contributed by atoms with Gasteiger partial charge in [-0.25, -0.2) is 9.59 Å². The van der Waals surface area contributed by atoms with Gasteiger partial charge in [-0.15, -0.1) is 0 Å². The lowest BCUT2D eigenvalue weighted by atomic mass is 10.1. The van der Waals surface area contributed by atoms with E-state index in [2.05, 4.69) is 10.6 Å². The molecule has 2 aromatic carbocycles. The van der Waals surface area contributed by atoms with E-state index in [1.807, 2.05) is 72.8 Å². The number of carbonyl (C=O) groups is 3. The van der Waals surface area contributed by atoms with Crippen LogP contribution in [0.3, 0.4) is 0 Å². The Bertz CT molecular complexity index is 884. The Kier molecular flexibility index (Phi) is 11.8. The van der Waals surface area contributed by atoms with Crippen LogP contribution in [0.25, 0.3) is 6.08 Å². The summed E-state index contributed by atoms with van der Waals surface area (Å²) in [7, 11) is 1.31. The fourth-order valence-electron chi connectivity index (χ4n) is 3.08. The predicted octanol–water partition coefficient (Wildman–Crippen LogP) is 4.23. The van der Waals surface area contributed by atoms with Crippen LogP contribution in [0.1, 0.15) is 43.2 Å². The first-order valence-corrected chi connectivity index (χ1v) is 11.1. The second kappa shape index (κ2) is 15.2. The monoisotopic (exact) mass is 452 g/mol. The molecule has 176 valence electrons. The van der Waals surface area contributed by atoms with Gasteiger partial charge in [0, 0.05) is 13.0 Å². The van der Waals surface area contributed by atoms with E-state index in [0.29, 0.717) is 25.8 Å². The van der Waals surface area contributed by atoms with Gasteiger partial charge in [0.2, 0.25) is 5.91 Å². The maximum Gasteiger partial charge on any atom is 0.407 e. The number of carbonyl (C=O) groups excluding carboxylic acids is 3. The van der Waals surface area contributed by atoms with Crippen LogP contribution in [0.4, 0.5) is 4.79 Å². The van der Waals surface area contributed by atoms with Crippen LogP contribution in [0.2, 0.25) is 0 Å². The summed E-state index contributed by atoms with van der Waals surface area (Å²) in [6, 6.07) is 18.5. The molecule has 0 bridgehead atoms. The Morgan fingerprint density at radius 1 is 0.939 bits per heavy atom. The SMILES string of the molecule is COC(=O)[C@H](C/C=C/c1ccccc1)NC(=O)CCCCCNC(=O)OCc1ccccc1. The highest BCUT2D eigenvalue weighted by Crippen LogP contribution is 2.06. The number of unbranched alkanes of at least 4 members (excludes halogenated alkanes) is 2. The smallest absolute Gasteiger partial charge is 0.407 e. The predicted molar refractivity (Wildman–Crippen MR) is 127 cm³/mol. The topological polar surface area (TPSA) is 93.7 Å². The molecule has 33 heavy (non-hydrogen) atoms. The standard InChI is InChI=1S/C26H32N2O5/c1-32-25(30)23(17-11-16-21-12-5-2-6-13-21)28-24(29)18-9-4-10-19-27-26(31)33-20-22-14-7-3-8-15-22/h2-3,5-8,11-16,23H,4,9-10,17-20H2,1H3,(H,27,31)(H,28,29)/b16-11+/t23-/m0/s1. The summed E-state index contributed by atoms with van der Waals surface area (Å²) in [5, 5.41) is 5.44. The molecule has 0 heterocycles. The van der Waals surface area contributed by atoms with Crippen LogP contribution in [0.15, 0.2) is 66.7 Å². The number of esters is 1. The molecule has 7 heteroatoms. The molecule has 0 aromatic heterocycles. The second-order valence-electron chi connectivity index (χ2n) is 7.49. The lowest BCUT2D eigenvalue weighted by Gasteiger charge is -2.15. The molecule has 0 radical (unpaired) electrons. The van der Waals surface area contributed by atoms with E-state index in [1.54, 1.807) is 0 Å². The number of benzene rings is 2. The summed E-state index contributed by atoms with van der Waals surface area (Å²) in [4.78, 5) is 35.9. The zero-order valence-electron chi connectivity index (χ0n) is 19.0. The van der Waals surface area contributed by atoms with Gasteiger partial charge >= 0.3 is 12.1 Å². The minimum Gasteiger partial charge on any atom is -0.467 e. The molecule has 1 atom stereocenters. The average molecular weight is 453 g/mol. The van der Waals surface area contributed by atoms with E-state index in [1.165, 1.54) is 7.11 Å². The highest BCUT2D eigenvalue weighted by Gasteiger charge is 2.19. The first-order chi connectivity index (χ1) is 16.1. The number of hydrogen-bond donors (Lipinski definition) is 2. The van der Waals surface area contributed by atoms with Gasteiger partial charge in [0.05, 0.1) is 7.11 Å². The Balaban J connectivity index is 1.59. The van der Waals surface area contributed by atoms with Crippen molar-refractivity contribution >= 4 is 24.0 Å². The Morgan fingerprint density at radius 3 is 2.33 bits per heavy atom. The Labute approximate surface area is 195 Å². The molecule has 2 rings (SSSR count). The molecule has 0 spiro atoms. The highest BCUT2D eigenvalue weighted by molar-refractivity contribution is 5.84. The van der Waals surface area contributed by atoms with E-state index in [0.717, 1.165) is 24.0 Å². The van der Waals surface area contributed by atoms with Crippen LogP contribution in [0.5, 0.6) is 0 Å². The van der Waals surface area contributed by atoms with E-state index in [-0.39, 0.29) is 12.5 Å². The van der Waals surface area contributed by atoms with Gasteiger partial charge in [-0.2, -0.15) is 0 Å². The van der Waals surface area contributed by atoms with Crippen molar-refractivity contribution in [1.29, 1.82) is 0 Å². The molecular formula is C26H32N2O5. The average Bonchev–Trinajstić information content (AvgIpc) is 2.85. The van der Waals surface area contributed by atoms with Crippen molar-refractivity contribution < 1.29 is 23.9 Å². The quantitative estimate of drug-likeness (QED) is 0.350. The summed E-state index contributed by atoms with van der Waals surface area (Å²) in [6.45, 7) is 0.707. The summed E-state index contributed by atoms with van der Waals surface area (Å²) >= 11 is 0. The molecule has 2 N–H and O–H groups in total. The maximum absolute atomic E-state index is 12.2. The number of rotatable bonds is 13. The minimum atomic E-state index is -0.719. The van der Waals surface area contributed by atoms with Gasteiger partial charge in [0.15, 0.2) is 0 Å². The molecule has 2 aromatic rings. The van der Waals surface area contributed by atoms with Crippen molar-refractivity contribution in [2.45, 2.75) is 44.8 Å². The van der Waals surface area contributed by atoms with Crippen molar-refractivity contribution in [3.63, 3.8) is 0 Å².